The Labute approximate surface area is 134 Å². The van der Waals surface area contributed by atoms with E-state index in [2.05, 4.69) is 5.32 Å². The molecule has 1 fully saturated rings. The topological polar surface area (TPSA) is 69.6 Å². The number of phenolic OH excluding ortho intramolecular Hbond substituents is 1. The second-order valence-electron chi connectivity index (χ2n) is 5.51. The lowest BCUT2D eigenvalue weighted by Crippen LogP contribution is -2.34. The maximum atomic E-state index is 12.5. The van der Waals surface area contributed by atoms with Crippen LogP contribution < -0.4 is 10.2 Å². The third kappa shape index (κ3) is 2.90. The molecule has 5 heteroatoms. The third-order valence-corrected chi connectivity index (χ3v) is 3.98. The molecule has 23 heavy (non-hydrogen) atoms. The number of para-hydroxylation sites is 2. The van der Waals surface area contributed by atoms with Crippen molar-refractivity contribution in [1.29, 1.82) is 0 Å². The van der Waals surface area contributed by atoms with Crippen molar-refractivity contribution in [2.75, 3.05) is 10.2 Å². The molecule has 1 heterocycles. The van der Waals surface area contributed by atoms with E-state index in [0.29, 0.717) is 11.4 Å². The highest BCUT2D eigenvalue weighted by atomic mass is 16.3. The van der Waals surface area contributed by atoms with Crippen LogP contribution in [-0.2, 0) is 16.0 Å². The maximum Gasteiger partial charge on any atom is 0.256 e. The molecular weight excluding hydrogens is 292 g/mol. The molecule has 0 saturated carbocycles. The van der Waals surface area contributed by atoms with Crippen LogP contribution in [0.1, 0.15) is 18.9 Å². The molecule has 1 saturated heterocycles. The van der Waals surface area contributed by atoms with Crippen LogP contribution in [-0.4, -0.2) is 23.0 Å². The van der Waals surface area contributed by atoms with Gasteiger partial charge >= 0.3 is 0 Å². The molecule has 1 aliphatic rings. The minimum Gasteiger partial charge on any atom is -0.506 e. The first-order valence-electron chi connectivity index (χ1n) is 7.60. The number of hydrogen-bond donors (Lipinski definition) is 2. The fourth-order valence-electron chi connectivity index (χ4n) is 2.68. The maximum absolute atomic E-state index is 12.5. The van der Waals surface area contributed by atoms with E-state index >= 15 is 0 Å². The Morgan fingerprint density at radius 2 is 1.83 bits per heavy atom. The number of phenols is 1. The monoisotopic (exact) mass is 310 g/mol. The molecule has 5 nitrogen and oxygen atoms in total. The Kier molecular flexibility index (Phi) is 4.02. The van der Waals surface area contributed by atoms with Crippen LogP contribution in [0.3, 0.4) is 0 Å². The molecule has 1 aliphatic heterocycles. The summed E-state index contributed by atoms with van der Waals surface area (Å²) < 4.78 is 0. The average Bonchev–Trinajstić information content (AvgIpc) is 2.84. The van der Waals surface area contributed by atoms with Crippen molar-refractivity contribution in [3.05, 3.63) is 54.1 Å². The zero-order valence-electron chi connectivity index (χ0n) is 12.8. The Bertz CT molecular complexity index is 740. The van der Waals surface area contributed by atoms with Crippen LogP contribution in [0.2, 0.25) is 0 Å². The van der Waals surface area contributed by atoms with Gasteiger partial charge in [0.15, 0.2) is 0 Å². The van der Waals surface area contributed by atoms with Crippen LogP contribution in [0.15, 0.2) is 48.5 Å². The third-order valence-electron chi connectivity index (χ3n) is 3.98. The number of imide groups is 1. The van der Waals surface area contributed by atoms with Crippen LogP contribution >= 0.6 is 0 Å². The van der Waals surface area contributed by atoms with Gasteiger partial charge in [-0.3, -0.25) is 9.59 Å². The van der Waals surface area contributed by atoms with Crippen LogP contribution in [0, 0.1) is 0 Å². The Morgan fingerprint density at radius 3 is 2.48 bits per heavy atom. The number of hydrogen-bond acceptors (Lipinski definition) is 4. The minimum atomic E-state index is -0.665. The van der Waals surface area contributed by atoms with E-state index in [1.165, 1.54) is 11.0 Å². The molecule has 1 atom stereocenters. The van der Waals surface area contributed by atoms with Crippen molar-refractivity contribution in [3.8, 4) is 5.75 Å². The molecule has 0 bridgehead atoms. The standard InChI is InChI=1S/C18H18N2O3/c1-2-12-7-9-13(10-8-12)20-17(22)11-15(18(20)23)19-14-5-3-4-6-16(14)21/h3-10,15,19,21H,2,11H2,1H3. The Morgan fingerprint density at radius 1 is 1.13 bits per heavy atom. The van der Waals surface area contributed by atoms with Gasteiger partial charge in [0.2, 0.25) is 5.91 Å². The summed E-state index contributed by atoms with van der Waals surface area (Å²) in [5.41, 5.74) is 2.18. The fraction of sp³-hybridized carbons (Fsp3) is 0.222. The van der Waals surface area contributed by atoms with Crippen molar-refractivity contribution >= 4 is 23.2 Å². The van der Waals surface area contributed by atoms with Crippen LogP contribution in [0.5, 0.6) is 5.75 Å². The summed E-state index contributed by atoms with van der Waals surface area (Å²) in [5, 5.41) is 12.7. The molecule has 118 valence electrons. The predicted molar refractivity (Wildman–Crippen MR) is 88.4 cm³/mol. The number of nitrogens with one attached hydrogen (secondary N) is 1. The van der Waals surface area contributed by atoms with Gasteiger partial charge in [0.1, 0.15) is 11.8 Å². The summed E-state index contributed by atoms with van der Waals surface area (Å²) in [6.45, 7) is 2.05. The zero-order chi connectivity index (χ0) is 16.4. The molecule has 0 aliphatic carbocycles. The van der Waals surface area contributed by atoms with E-state index in [1.807, 2.05) is 19.1 Å². The SMILES string of the molecule is CCc1ccc(N2C(=O)CC(Nc3ccccc3O)C2=O)cc1. The highest BCUT2D eigenvalue weighted by Gasteiger charge is 2.39. The van der Waals surface area contributed by atoms with E-state index in [4.69, 9.17) is 0 Å². The lowest BCUT2D eigenvalue weighted by atomic mass is 10.1. The zero-order valence-corrected chi connectivity index (χ0v) is 12.8. The number of benzene rings is 2. The minimum absolute atomic E-state index is 0.0542. The molecule has 0 radical (unpaired) electrons. The lowest BCUT2D eigenvalue weighted by Gasteiger charge is -2.16. The Balaban J connectivity index is 1.80. The molecule has 3 rings (SSSR count). The lowest BCUT2D eigenvalue weighted by molar-refractivity contribution is -0.121. The second kappa shape index (κ2) is 6.12. The largest absolute Gasteiger partial charge is 0.506 e. The molecule has 2 amide bonds. The van der Waals surface area contributed by atoms with Crippen molar-refractivity contribution in [3.63, 3.8) is 0 Å². The molecule has 2 N–H and O–H groups in total. The summed E-state index contributed by atoms with van der Waals surface area (Å²) in [6, 6.07) is 13.4. The van der Waals surface area contributed by atoms with E-state index in [9.17, 15) is 14.7 Å². The van der Waals surface area contributed by atoms with Crippen LogP contribution in [0.25, 0.3) is 0 Å². The van der Waals surface area contributed by atoms with Gasteiger partial charge in [-0.25, -0.2) is 4.90 Å². The van der Waals surface area contributed by atoms with Gasteiger partial charge in [0, 0.05) is 0 Å². The molecule has 2 aromatic rings. The summed E-state index contributed by atoms with van der Waals surface area (Å²) in [6.07, 6.45) is 0.975. The fourth-order valence-corrected chi connectivity index (χ4v) is 2.68. The first-order valence-corrected chi connectivity index (χ1v) is 7.60. The summed E-state index contributed by atoms with van der Waals surface area (Å²) >= 11 is 0. The molecule has 2 aromatic carbocycles. The second-order valence-corrected chi connectivity index (χ2v) is 5.51. The number of aromatic hydroxyl groups is 1. The number of carbonyl (C=O) groups is 2. The molecule has 0 spiro atoms. The normalized spacial score (nSPS) is 17.6. The van der Waals surface area contributed by atoms with Crippen molar-refractivity contribution in [2.45, 2.75) is 25.8 Å². The van der Waals surface area contributed by atoms with Crippen molar-refractivity contribution in [2.24, 2.45) is 0 Å². The van der Waals surface area contributed by atoms with E-state index in [0.717, 1.165) is 12.0 Å². The quantitative estimate of drug-likeness (QED) is 0.673. The number of anilines is 2. The van der Waals surface area contributed by atoms with Gasteiger partial charge in [-0.1, -0.05) is 31.2 Å². The summed E-state index contributed by atoms with van der Waals surface area (Å²) in [7, 11) is 0. The molecule has 0 aromatic heterocycles. The van der Waals surface area contributed by atoms with Gasteiger partial charge in [0.05, 0.1) is 17.8 Å². The smallest absolute Gasteiger partial charge is 0.256 e. The first-order chi connectivity index (χ1) is 11.1. The predicted octanol–water partition coefficient (Wildman–Crippen LogP) is 2.70. The van der Waals surface area contributed by atoms with Gasteiger partial charge in [-0.2, -0.15) is 0 Å². The van der Waals surface area contributed by atoms with Crippen LogP contribution in [0.4, 0.5) is 11.4 Å². The summed E-state index contributed by atoms with van der Waals surface area (Å²) in [5.74, 6) is -0.492. The number of carbonyl (C=O) groups excluding carboxylic acids is 2. The number of aryl methyl sites for hydroxylation is 1. The van der Waals surface area contributed by atoms with Crippen molar-refractivity contribution in [1.82, 2.24) is 0 Å². The number of nitrogens with zero attached hydrogens (tertiary/aromatic N) is 1. The van der Waals surface area contributed by atoms with E-state index in [-0.39, 0.29) is 24.0 Å². The van der Waals surface area contributed by atoms with Gasteiger partial charge in [-0.05, 0) is 36.2 Å². The van der Waals surface area contributed by atoms with E-state index < -0.39 is 6.04 Å². The molecular formula is C18H18N2O3. The van der Waals surface area contributed by atoms with Crippen molar-refractivity contribution < 1.29 is 14.7 Å². The highest BCUT2D eigenvalue weighted by Crippen LogP contribution is 2.28. The van der Waals surface area contributed by atoms with Gasteiger partial charge in [-0.15, -0.1) is 0 Å². The Hall–Kier alpha value is -2.82. The van der Waals surface area contributed by atoms with E-state index in [1.54, 1.807) is 30.3 Å². The highest BCUT2D eigenvalue weighted by molar-refractivity contribution is 6.23. The average molecular weight is 310 g/mol. The number of rotatable bonds is 4. The first kappa shape index (κ1) is 15.1. The van der Waals surface area contributed by atoms with Gasteiger partial charge in [0.25, 0.3) is 5.91 Å². The molecule has 1 unspecified atom stereocenters. The van der Waals surface area contributed by atoms with Gasteiger partial charge < -0.3 is 10.4 Å². The number of amides is 2. The summed E-state index contributed by atoms with van der Waals surface area (Å²) in [4.78, 5) is 26.0.